The second-order valence-corrected chi connectivity index (χ2v) is 8.27. The Morgan fingerprint density at radius 3 is 2.42 bits per heavy atom. The molecule has 0 spiro atoms. The summed E-state index contributed by atoms with van der Waals surface area (Å²) in [6, 6.07) is 22.3. The Balaban J connectivity index is 1.85. The average molecular weight is 419 g/mol. The van der Waals surface area contributed by atoms with Crippen molar-refractivity contribution in [3.63, 3.8) is 0 Å². The van der Waals surface area contributed by atoms with E-state index in [1.807, 2.05) is 56.6 Å². The lowest BCUT2D eigenvalue weighted by Crippen LogP contribution is -2.33. The first kappa shape index (κ1) is 22.8. The molecule has 0 radical (unpaired) electrons. The van der Waals surface area contributed by atoms with Gasteiger partial charge in [-0.25, -0.2) is 0 Å². The molecule has 4 nitrogen and oxygen atoms in total. The van der Waals surface area contributed by atoms with Gasteiger partial charge in [0, 0.05) is 17.5 Å². The van der Waals surface area contributed by atoms with Crippen LogP contribution < -0.4 is 10.1 Å². The summed E-state index contributed by atoms with van der Waals surface area (Å²) in [4.78, 5) is 14.8. The molecule has 0 saturated heterocycles. The number of ether oxygens (including phenoxy) is 1. The number of rotatable bonds is 10. The van der Waals surface area contributed by atoms with E-state index in [4.69, 9.17) is 4.74 Å². The van der Waals surface area contributed by atoms with E-state index in [0.29, 0.717) is 12.1 Å². The van der Waals surface area contributed by atoms with Gasteiger partial charge in [-0.05, 0) is 69.1 Å². The first-order valence-electron chi connectivity index (χ1n) is 11.2. The molecule has 4 heteroatoms. The lowest BCUT2D eigenvalue weighted by atomic mass is 9.87. The zero-order valence-corrected chi connectivity index (χ0v) is 19.2. The van der Waals surface area contributed by atoms with E-state index in [0.717, 1.165) is 47.9 Å². The van der Waals surface area contributed by atoms with Crippen molar-refractivity contribution in [3.8, 4) is 5.75 Å². The zero-order chi connectivity index (χ0) is 22.3. The van der Waals surface area contributed by atoms with E-state index >= 15 is 0 Å². The van der Waals surface area contributed by atoms with Crippen molar-refractivity contribution in [1.29, 1.82) is 0 Å². The van der Waals surface area contributed by atoms with Crippen LogP contribution >= 0.6 is 0 Å². The second-order valence-electron chi connectivity index (χ2n) is 8.27. The third kappa shape index (κ3) is 5.45. The molecule has 3 aromatic carbocycles. The molecule has 1 amide bonds. The van der Waals surface area contributed by atoms with Crippen LogP contribution in [0.2, 0.25) is 0 Å². The molecule has 1 N–H and O–H groups in total. The zero-order valence-electron chi connectivity index (χ0n) is 19.2. The fourth-order valence-corrected chi connectivity index (χ4v) is 4.00. The Morgan fingerprint density at radius 1 is 0.968 bits per heavy atom. The van der Waals surface area contributed by atoms with Gasteiger partial charge in [0.05, 0.1) is 0 Å². The van der Waals surface area contributed by atoms with Crippen LogP contribution in [0.1, 0.15) is 49.0 Å². The van der Waals surface area contributed by atoms with Crippen LogP contribution in [-0.4, -0.2) is 38.0 Å². The van der Waals surface area contributed by atoms with Gasteiger partial charge in [-0.3, -0.25) is 4.79 Å². The van der Waals surface area contributed by atoms with Gasteiger partial charge >= 0.3 is 0 Å². The summed E-state index contributed by atoms with van der Waals surface area (Å²) in [5.41, 5.74) is 1.22. The van der Waals surface area contributed by atoms with Gasteiger partial charge in [-0.15, -0.1) is 0 Å². The first-order valence-corrected chi connectivity index (χ1v) is 11.2. The molecule has 0 bridgehead atoms. The third-order valence-corrected chi connectivity index (χ3v) is 5.92. The lowest BCUT2D eigenvalue weighted by molar-refractivity contribution is 0.0590. The monoisotopic (exact) mass is 418 g/mol. The molecule has 0 aliphatic rings. The fourth-order valence-electron chi connectivity index (χ4n) is 4.00. The molecule has 0 atom stereocenters. The molecule has 0 aliphatic heterocycles. The topological polar surface area (TPSA) is 41.6 Å². The van der Waals surface area contributed by atoms with Gasteiger partial charge in [-0.2, -0.15) is 0 Å². The number of carbonyl (C=O) groups is 1. The number of carbonyl (C=O) groups excluding carboxylic acids is 1. The van der Waals surface area contributed by atoms with Crippen LogP contribution in [0.25, 0.3) is 10.8 Å². The molecule has 0 unspecified atom stereocenters. The van der Waals surface area contributed by atoms with Crippen molar-refractivity contribution in [2.24, 2.45) is 0 Å². The van der Waals surface area contributed by atoms with E-state index in [2.05, 4.69) is 48.3 Å². The van der Waals surface area contributed by atoms with E-state index in [-0.39, 0.29) is 5.91 Å². The number of amides is 1. The Hall–Kier alpha value is -2.85. The summed E-state index contributed by atoms with van der Waals surface area (Å²) in [5.74, 6) is 0.840. The molecule has 3 aromatic rings. The van der Waals surface area contributed by atoms with E-state index in [1.165, 1.54) is 0 Å². The SMILES string of the molecule is CCC(CC)(Oc1cccc2ccccc12)c1cccc(C(=O)NCCCN(C)C)c1. The Labute approximate surface area is 186 Å². The molecule has 164 valence electrons. The van der Waals surface area contributed by atoms with Crippen molar-refractivity contribution in [1.82, 2.24) is 10.2 Å². The highest BCUT2D eigenvalue weighted by Crippen LogP contribution is 2.37. The normalized spacial score (nSPS) is 11.6. The van der Waals surface area contributed by atoms with Crippen LogP contribution in [0.5, 0.6) is 5.75 Å². The standard InChI is InChI=1S/C27H34N2O2/c1-5-27(6-2,31-25-17-10-13-21-12-7-8-16-24(21)25)23-15-9-14-22(20-23)26(30)28-18-11-19-29(3)4/h7-10,12-17,20H,5-6,11,18-19H2,1-4H3,(H,28,30). The quantitative estimate of drug-likeness (QED) is 0.435. The van der Waals surface area contributed by atoms with Crippen LogP contribution in [0.4, 0.5) is 0 Å². The molecule has 0 aliphatic carbocycles. The van der Waals surface area contributed by atoms with Crippen molar-refractivity contribution >= 4 is 16.7 Å². The molecular formula is C27H34N2O2. The van der Waals surface area contributed by atoms with Gasteiger partial charge in [0.25, 0.3) is 5.91 Å². The largest absolute Gasteiger partial charge is 0.482 e. The first-order chi connectivity index (χ1) is 15.0. The molecule has 3 rings (SSSR count). The maximum Gasteiger partial charge on any atom is 0.251 e. The maximum atomic E-state index is 12.7. The Bertz CT molecular complexity index is 1000. The van der Waals surface area contributed by atoms with E-state index in [9.17, 15) is 4.79 Å². The van der Waals surface area contributed by atoms with Gasteiger partial charge in [0.1, 0.15) is 11.4 Å². The minimum absolute atomic E-state index is 0.0353. The number of benzene rings is 3. The Kier molecular flexibility index (Phi) is 7.69. The lowest BCUT2D eigenvalue weighted by Gasteiger charge is -2.34. The summed E-state index contributed by atoms with van der Waals surface area (Å²) in [6.07, 6.45) is 2.54. The van der Waals surface area contributed by atoms with E-state index < -0.39 is 5.60 Å². The molecule has 0 saturated carbocycles. The van der Waals surface area contributed by atoms with Crippen molar-refractivity contribution in [3.05, 3.63) is 77.9 Å². The smallest absolute Gasteiger partial charge is 0.251 e. The molecule has 0 fully saturated rings. The van der Waals surface area contributed by atoms with Gasteiger partial charge in [-0.1, -0.05) is 62.4 Å². The number of hydrogen-bond donors (Lipinski definition) is 1. The highest BCUT2D eigenvalue weighted by atomic mass is 16.5. The number of nitrogens with one attached hydrogen (secondary N) is 1. The third-order valence-electron chi connectivity index (χ3n) is 5.92. The molecular weight excluding hydrogens is 384 g/mol. The Morgan fingerprint density at radius 2 is 1.68 bits per heavy atom. The predicted octanol–water partition coefficient (Wildman–Crippen LogP) is 5.62. The van der Waals surface area contributed by atoms with Gasteiger partial charge in [0.2, 0.25) is 0 Å². The summed E-state index contributed by atoms with van der Waals surface area (Å²) in [5, 5.41) is 5.30. The minimum atomic E-state index is -0.495. The van der Waals surface area contributed by atoms with Crippen LogP contribution in [0.15, 0.2) is 66.7 Å². The highest BCUT2D eigenvalue weighted by Gasteiger charge is 2.32. The molecule has 0 heterocycles. The van der Waals surface area contributed by atoms with Crippen molar-refractivity contribution in [2.45, 2.75) is 38.7 Å². The van der Waals surface area contributed by atoms with Crippen molar-refractivity contribution in [2.75, 3.05) is 27.2 Å². The highest BCUT2D eigenvalue weighted by molar-refractivity contribution is 5.94. The number of nitrogens with zero attached hydrogens (tertiary/aromatic N) is 1. The second kappa shape index (κ2) is 10.5. The van der Waals surface area contributed by atoms with Gasteiger partial charge < -0.3 is 15.0 Å². The molecule has 0 aromatic heterocycles. The minimum Gasteiger partial charge on any atom is -0.482 e. The number of fused-ring (bicyclic) bond motifs is 1. The van der Waals surface area contributed by atoms with E-state index in [1.54, 1.807) is 0 Å². The fraction of sp³-hybridized carbons (Fsp3) is 0.370. The van der Waals surface area contributed by atoms with Crippen LogP contribution in [-0.2, 0) is 5.60 Å². The van der Waals surface area contributed by atoms with Gasteiger partial charge in [0.15, 0.2) is 0 Å². The van der Waals surface area contributed by atoms with Crippen LogP contribution in [0, 0.1) is 0 Å². The number of hydrogen-bond acceptors (Lipinski definition) is 3. The summed E-state index contributed by atoms with van der Waals surface area (Å²) in [6.45, 7) is 5.90. The maximum absolute atomic E-state index is 12.7. The van der Waals surface area contributed by atoms with Crippen LogP contribution in [0.3, 0.4) is 0 Å². The summed E-state index contributed by atoms with van der Waals surface area (Å²) in [7, 11) is 4.08. The summed E-state index contributed by atoms with van der Waals surface area (Å²) < 4.78 is 6.72. The average Bonchev–Trinajstić information content (AvgIpc) is 2.80. The van der Waals surface area contributed by atoms with Crippen molar-refractivity contribution < 1.29 is 9.53 Å². The summed E-state index contributed by atoms with van der Waals surface area (Å²) >= 11 is 0. The predicted molar refractivity (Wildman–Crippen MR) is 129 cm³/mol. The molecule has 31 heavy (non-hydrogen) atoms.